The third kappa shape index (κ3) is 6.86. The monoisotopic (exact) mass is 491 g/mol. The van der Waals surface area contributed by atoms with Crippen molar-refractivity contribution in [2.45, 2.75) is 50.4 Å². The van der Waals surface area contributed by atoms with E-state index in [0.29, 0.717) is 55.4 Å². The van der Waals surface area contributed by atoms with E-state index < -0.39 is 47.5 Å². The lowest BCUT2D eigenvalue weighted by Gasteiger charge is -2.33. The number of carbonyl (C=O) groups is 1. The van der Waals surface area contributed by atoms with Crippen LogP contribution in [0.3, 0.4) is 0 Å². The molecule has 1 aliphatic rings. The van der Waals surface area contributed by atoms with Gasteiger partial charge in [0.15, 0.2) is 0 Å². The maximum absolute atomic E-state index is 13.3. The van der Waals surface area contributed by atoms with Crippen molar-refractivity contribution in [1.82, 2.24) is 4.90 Å². The lowest BCUT2D eigenvalue weighted by Crippen LogP contribution is -2.38. The van der Waals surface area contributed by atoms with Gasteiger partial charge < -0.3 is 14.9 Å². The highest BCUT2D eigenvalue weighted by Crippen LogP contribution is 2.37. The Labute approximate surface area is 191 Å². The minimum Gasteiger partial charge on any atom is -0.490 e. The van der Waals surface area contributed by atoms with Crippen LogP contribution in [0.2, 0.25) is 0 Å². The lowest BCUT2D eigenvalue weighted by atomic mass is 10.0. The highest BCUT2D eigenvalue weighted by atomic mass is 19.4. The van der Waals surface area contributed by atoms with Crippen LogP contribution in [0.25, 0.3) is 0 Å². The van der Waals surface area contributed by atoms with Crippen LogP contribution in [0.1, 0.15) is 47.6 Å². The Bertz CT molecular complexity index is 1000. The fraction of sp³-hybridized carbons (Fsp3) is 0.435. The van der Waals surface area contributed by atoms with E-state index in [0.717, 1.165) is 0 Å². The van der Waals surface area contributed by atoms with E-state index in [9.17, 15) is 36.2 Å². The van der Waals surface area contributed by atoms with E-state index in [-0.39, 0.29) is 12.6 Å². The van der Waals surface area contributed by atoms with E-state index in [4.69, 9.17) is 9.84 Å². The number of carboxylic acid groups (broad SMARTS) is 1. The molecule has 11 heteroatoms. The zero-order valence-electron chi connectivity index (χ0n) is 17.9. The number of carboxylic acids is 1. The molecular weight excluding hydrogens is 468 g/mol. The summed E-state index contributed by atoms with van der Waals surface area (Å²) in [5, 5.41) is 18.8. The molecule has 1 saturated heterocycles. The van der Waals surface area contributed by atoms with E-state index in [1.54, 1.807) is 23.1 Å². The van der Waals surface area contributed by atoms with Gasteiger partial charge in [0.25, 0.3) is 0 Å². The molecular formula is C23H23F6NO4. The predicted molar refractivity (Wildman–Crippen MR) is 109 cm³/mol. The first-order chi connectivity index (χ1) is 15.8. The number of alkyl halides is 6. The summed E-state index contributed by atoms with van der Waals surface area (Å²) in [4.78, 5) is 12.4. The van der Waals surface area contributed by atoms with E-state index >= 15 is 0 Å². The van der Waals surface area contributed by atoms with Crippen LogP contribution in [0, 0.1) is 0 Å². The van der Waals surface area contributed by atoms with Crippen LogP contribution < -0.4 is 4.74 Å². The summed E-state index contributed by atoms with van der Waals surface area (Å²) in [5.74, 6) is -0.738. The average molecular weight is 491 g/mol. The van der Waals surface area contributed by atoms with Crippen LogP contribution in [0.15, 0.2) is 42.5 Å². The molecule has 5 nitrogen and oxygen atoms in total. The van der Waals surface area contributed by atoms with Gasteiger partial charge in [0.2, 0.25) is 0 Å². The summed E-state index contributed by atoms with van der Waals surface area (Å²) in [6, 6.07) is 7.81. The van der Waals surface area contributed by atoms with Crippen LogP contribution in [-0.4, -0.2) is 40.3 Å². The number of aliphatic hydroxyl groups is 1. The van der Waals surface area contributed by atoms with Gasteiger partial charge in [-0.2, -0.15) is 26.3 Å². The minimum absolute atomic E-state index is 0.275. The molecule has 1 fully saturated rings. The third-order valence-corrected chi connectivity index (χ3v) is 5.58. The fourth-order valence-electron chi connectivity index (χ4n) is 3.87. The number of hydrogen-bond acceptors (Lipinski definition) is 4. The third-order valence-electron chi connectivity index (χ3n) is 5.58. The summed E-state index contributed by atoms with van der Waals surface area (Å²) in [6.45, 7) is 0.363. The summed E-state index contributed by atoms with van der Waals surface area (Å²) in [7, 11) is 0. The number of likely N-dealkylation sites (tertiary alicyclic amines) is 1. The highest BCUT2D eigenvalue weighted by Gasteiger charge is 2.37. The molecule has 3 rings (SSSR count). The van der Waals surface area contributed by atoms with Crippen molar-refractivity contribution in [3.8, 4) is 5.75 Å². The van der Waals surface area contributed by atoms with Gasteiger partial charge in [0, 0.05) is 19.6 Å². The molecule has 0 radical (unpaired) electrons. The molecule has 1 atom stereocenters. The van der Waals surface area contributed by atoms with Crippen molar-refractivity contribution in [3.05, 3.63) is 64.7 Å². The predicted octanol–water partition coefficient (Wildman–Crippen LogP) is 5.28. The number of halogens is 6. The first kappa shape index (κ1) is 25.8. The van der Waals surface area contributed by atoms with Gasteiger partial charge in [0.1, 0.15) is 11.9 Å². The molecule has 0 aliphatic carbocycles. The van der Waals surface area contributed by atoms with Gasteiger partial charge >= 0.3 is 18.3 Å². The molecule has 34 heavy (non-hydrogen) atoms. The first-order valence-corrected chi connectivity index (χ1v) is 10.5. The molecule has 1 heterocycles. The molecule has 0 aromatic heterocycles. The number of piperidine rings is 1. The number of aliphatic hydroxyl groups excluding tert-OH is 1. The Morgan fingerprint density at radius 3 is 2.29 bits per heavy atom. The van der Waals surface area contributed by atoms with Gasteiger partial charge in [-0.25, -0.2) is 0 Å². The smallest absolute Gasteiger partial charge is 0.416 e. The number of nitrogens with zero attached hydrogens (tertiary/aromatic N) is 1. The Morgan fingerprint density at radius 2 is 1.71 bits per heavy atom. The maximum Gasteiger partial charge on any atom is 0.416 e. The summed E-state index contributed by atoms with van der Waals surface area (Å²) < 4.78 is 84.9. The number of hydrogen-bond donors (Lipinski definition) is 2. The molecule has 0 saturated carbocycles. The Hall–Kier alpha value is -2.79. The molecule has 1 aliphatic heterocycles. The number of aliphatic carboxylic acids is 1. The fourth-order valence-corrected chi connectivity index (χ4v) is 3.87. The Morgan fingerprint density at radius 1 is 1.03 bits per heavy atom. The first-order valence-electron chi connectivity index (χ1n) is 10.5. The number of benzene rings is 2. The standard InChI is InChI=1S/C23H23F6NO4/c24-22(25,26)16-4-5-19(23(27,28)29)15(10-16)13-30-8-6-17(7-9-30)34-18-3-1-2-14(11-18)20(31)12-21(32)33/h1-5,10-11,17,20,31H,6-9,12-13H2,(H,32,33)/t20-/m1/s1. The summed E-state index contributed by atoms with van der Waals surface area (Å²) in [6.07, 6.45) is -10.6. The molecule has 2 aromatic carbocycles. The molecule has 2 aromatic rings. The molecule has 2 N–H and O–H groups in total. The molecule has 0 bridgehead atoms. The number of rotatable bonds is 7. The van der Waals surface area contributed by atoms with Crippen LogP contribution >= 0.6 is 0 Å². The zero-order chi connectivity index (χ0) is 25.1. The second-order valence-electron chi connectivity index (χ2n) is 8.15. The van der Waals surface area contributed by atoms with Crippen molar-refractivity contribution in [2.75, 3.05) is 13.1 Å². The average Bonchev–Trinajstić information content (AvgIpc) is 2.73. The van der Waals surface area contributed by atoms with E-state index in [1.165, 1.54) is 6.07 Å². The normalized spacial score (nSPS) is 16.9. The largest absolute Gasteiger partial charge is 0.490 e. The highest BCUT2D eigenvalue weighted by molar-refractivity contribution is 5.67. The lowest BCUT2D eigenvalue weighted by molar-refractivity contribution is -0.142. The molecule has 0 amide bonds. The van der Waals surface area contributed by atoms with Crippen molar-refractivity contribution in [1.29, 1.82) is 0 Å². The second-order valence-corrected chi connectivity index (χ2v) is 8.15. The maximum atomic E-state index is 13.3. The molecule has 186 valence electrons. The summed E-state index contributed by atoms with van der Waals surface area (Å²) in [5.41, 5.74) is -2.27. The van der Waals surface area contributed by atoms with Gasteiger partial charge in [-0.15, -0.1) is 0 Å². The van der Waals surface area contributed by atoms with Crippen LogP contribution in [-0.2, 0) is 23.7 Å². The van der Waals surface area contributed by atoms with Gasteiger partial charge in [-0.1, -0.05) is 12.1 Å². The summed E-state index contributed by atoms with van der Waals surface area (Å²) >= 11 is 0. The Kier molecular flexibility index (Phi) is 7.77. The quantitative estimate of drug-likeness (QED) is 0.516. The van der Waals surface area contributed by atoms with Gasteiger partial charge in [-0.3, -0.25) is 9.69 Å². The topological polar surface area (TPSA) is 70.0 Å². The van der Waals surface area contributed by atoms with Crippen LogP contribution in [0.4, 0.5) is 26.3 Å². The van der Waals surface area contributed by atoms with Crippen molar-refractivity contribution >= 4 is 5.97 Å². The minimum atomic E-state index is -4.77. The van der Waals surface area contributed by atoms with Crippen molar-refractivity contribution in [3.63, 3.8) is 0 Å². The Balaban J connectivity index is 1.63. The number of ether oxygens (including phenoxy) is 1. The van der Waals surface area contributed by atoms with E-state index in [1.807, 2.05) is 0 Å². The zero-order valence-corrected chi connectivity index (χ0v) is 17.9. The van der Waals surface area contributed by atoms with Gasteiger partial charge in [-0.05, 0) is 54.3 Å². The van der Waals surface area contributed by atoms with E-state index in [2.05, 4.69) is 0 Å². The van der Waals surface area contributed by atoms with Crippen molar-refractivity contribution < 1.29 is 46.1 Å². The van der Waals surface area contributed by atoms with Gasteiger partial charge in [0.05, 0.1) is 23.7 Å². The SMILES string of the molecule is O=C(O)C[C@@H](O)c1cccc(OC2CCN(Cc3cc(C(F)(F)F)ccc3C(F)(F)F)CC2)c1. The van der Waals surface area contributed by atoms with Crippen LogP contribution in [0.5, 0.6) is 5.75 Å². The molecule has 0 spiro atoms. The molecule has 0 unspecified atom stereocenters. The van der Waals surface area contributed by atoms with Crippen molar-refractivity contribution in [2.24, 2.45) is 0 Å². The second kappa shape index (κ2) is 10.2.